The summed E-state index contributed by atoms with van der Waals surface area (Å²) in [4.78, 5) is 12.5. The van der Waals surface area contributed by atoms with E-state index in [2.05, 4.69) is 20.8 Å². The lowest BCUT2D eigenvalue weighted by Gasteiger charge is -2.39. The van der Waals surface area contributed by atoms with Crippen LogP contribution in [0.4, 0.5) is 0 Å². The molecule has 2 atom stereocenters. The molecule has 0 bridgehead atoms. The maximum Gasteiger partial charge on any atom is 0.269 e. The van der Waals surface area contributed by atoms with Gasteiger partial charge >= 0.3 is 0 Å². The van der Waals surface area contributed by atoms with Gasteiger partial charge in [-0.1, -0.05) is 25.0 Å². The minimum atomic E-state index is -0.142. The van der Waals surface area contributed by atoms with E-state index >= 15 is 0 Å². The van der Waals surface area contributed by atoms with Crippen LogP contribution in [0.1, 0.15) is 49.0 Å². The van der Waals surface area contributed by atoms with E-state index in [0.29, 0.717) is 29.0 Å². The second kappa shape index (κ2) is 6.88. The molecule has 2 fully saturated rings. The molecule has 1 amide bonds. The second-order valence-electron chi connectivity index (χ2n) is 7.10. The fraction of sp³-hybridized carbons (Fsp3) is 0.474. The number of H-pyrrole nitrogens is 1. The summed E-state index contributed by atoms with van der Waals surface area (Å²) < 4.78 is 0. The molecule has 4 rings (SSSR count). The van der Waals surface area contributed by atoms with Crippen molar-refractivity contribution in [3.63, 3.8) is 0 Å². The summed E-state index contributed by atoms with van der Waals surface area (Å²) >= 11 is 0. The molecule has 1 heterocycles. The topological polar surface area (TPSA) is 90.0 Å². The van der Waals surface area contributed by atoms with Crippen LogP contribution in [0.5, 0.6) is 5.75 Å². The maximum absolute atomic E-state index is 12.5. The number of carbonyl (C=O) groups excluding carboxylic acids is 1. The molecule has 2 aliphatic carbocycles. The summed E-state index contributed by atoms with van der Waals surface area (Å²) in [5, 5.41) is 23.6. The standard InChI is InChI=1S/C19H24N4O2/c24-18-8-4-3-7-13(18)16-11-17(23-22-16)19(25)21-15-10-9-14(15)20-12-5-1-2-6-12/h3-4,7-8,11-12,14-15,20,24H,1-2,5-6,9-10H2,(H,21,25)(H,22,23). The average Bonchev–Trinajstić information content (AvgIpc) is 3.28. The minimum absolute atomic E-state index is 0.142. The first-order chi connectivity index (χ1) is 12.2. The van der Waals surface area contributed by atoms with Crippen LogP contribution in [-0.4, -0.2) is 39.3 Å². The molecule has 0 saturated heterocycles. The number of nitrogens with one attached hydrogen (secondary N) is 3. The highest BCUT2D eigenvalue weighted by Crippen LogP contribution is 2.28. The Hall–Kier alpha value is -2.34. The van der Waals surface area contributed by atoms with Crippen molar-refractivity contribution in [2.24, 2.45) is 0 Å². The number of aromatic amines is 1. The highest BCUT2D eigenvalue weighted by Gasteiger charge is 2.34. The second-order valence-corrected chi connectivity index (χ2v) is 7.10. The van der Waals surface area contributed by atoms with Gasteiger partial charge in [0.05, 0.1) is 5.69 Å². The van der Waals surface area contributed by atoms with Gasteiger partial charge in [-0.15, -0.1) is 0 Å². The van der Waals surface area contributed by atoms with Gasteiger partial charge < -0.3 is 15.7 Å². The van der Waals surface area contributed by atoms with Crippen LogP contribution < -0.4 is 10.6 Å². The molecule has 2 aromatic rings. The number of para-hydroxylation sites is 1. The number of phenols is 1. The molecule has 6 heteroatoms. The van der Waals surface area contributed by atoms with Gasteiger partial charge in [0.1, 0.15) is 11.4 Å². The van der Waals surface area contributed by atoms with Gasteiger partial charge in [0.25, 0.3) is 5.91 Å². The van der Waals surface area contributed by atoms with E-state index in [1.54, 1.807) is 24.3 Å². The molecule has 4 N–H and O–H groups in total. The molecule has 2 aliphatic rings. The molecule has 2 unspecified atom stereocenters. The fourth-order valence-electron chi connectivity index (χ4n) is 3.78. The van der Waals surface area contributed by atoms with Gasteiger partial charge in [0.15, 0.2) is 0 Å². The number of rotatable bonds is 5. The number of aromatic nitrogens is 2. The summed E-state index contributed by atoms with van der Waals surface area (Å²) in [7, 11) is 0. The number of aromatic hydroxyl groups is 1. The van der Waals surface area contributed by atoms with E-state index in [0.717, 1.165) is 12.8 Å². The predicted octanol–water partition coefficient (Wildman–Crippen LogP) is 2.58. The Bertz CT molecular complexity index is 751. The molecule has 1 aromatic carbocycles. The van der Waals surface area contributed by atoms with Gasteiger partial charge in [-0.2, -0.15) is 5.10 Å². The van der Waals surface area contributed by atoms with Gasteiger partial charge in [-0.3, -0.25) is 9.89 Å². The smallest absolute Gasteiger partial charge is 0.269 e. The quantitative estimate of drug-likeness (QED) is 0.673. The third-order valence-electron chi connectivity index (χ3n) is 5.40. The molecule has 0 radical (unpaired) electrons. The largest absolute Gasteiger partial charge is 0.507 e. The van der Waals surface area contributed by atoms with Crippen LogP contribution in [0, 0.1) is 0 Å². The highest BCUT2D eigenvalue weighted by molar-refractivity contribution is 5.93. The fourth-order valence-corrected chi connectivity index (χ4v) is 3.78. The van der Waals surface area contributed by atoms with Gasteiger partial charge in [-0.25, -0.2) is 0 Å². The lowest BCUT2D eigenvalue weighted by Crippen LogP contribution is -2.58. The normalized spacial score (nSPS) is 23.4. The molecular formula is C19H24N4O2. The number of carbonyl (C=O) groups is 1. The van der Waals surface area contributed by atoms with Crippen molar-refractivity contribution in [3.05, 3.63) is 36.0 Å². The summed E-state index contributed by atoms with van der Waals surface area (Å²) in [6, 6.07) is 9.84. The molecule has 25 heavy (non-hydrogen) atoms. The summed E-state index contributed by atoms with van der Waals surface area (Å²) in [6.45, 7) is 0. The van der Waals surface area contributed by atoms with Crippen LogP contribution in [0.3, 0.4) is 0 Å². The minimum Gasteiger partial charge on any atom is -0.507 e. The van der Waals surface area contributed by atoms with Gasteiger partial charge in [0, 0.05) is 23.7 Å². The molecule has 0 aliphatic heterocycles. The van der Waals surface area contributed by atoms with Crippen molar-refractivity contribution in [2.75, 3.05) is 0 Å². The zero-order chi connectivity index (χ0) is 17.2. The molecule has 1 aromatic heterocycles. The average molecular weight is 340 g/mol. The van der Waals surface area contributed by atoms with E-state index in [4.69, 9.17) is 0 Å². The Balaban J connectivity index is 1.38. The van der Waals surface area contributed by atoms with E-state index < -0.39 is 0 Å². The van der Waals surface area contributed by atoms with E-state index in [1.165, 1.54) is 25.7 Å². The molecule has 0 spiro atoms. The number of hydrogen-bond donors (Lipinski definition) is 4. The van der Waals surface area contributed by atoms with E-state index in [9.17, 15) is 9.90 Å². The number of hydrogen-bond acceptors (Lipinski definition) is 4. The van der Waals surface area contributed by atoms with Crippen molar-refractivity contribution in [3.8, 4) is 17.0 Å². The zero-order valence-corrected chi connectivity index (χ0v) is 14.2. The number of benzene rings is 1. The van der Waals surface area contributed by atoms with Crippen LogP contribution in [0.25, 0.3) is 11.3 Å². The van der Waals surface area contributed by atoms with Gasteiger partial charge in [-0.05, 0) is 43.9 Å². The number of nitrogens with zero attached hydrogens (tertiary/aromatic N) is 1. The Morgan fingerprint density at radius 2 is 1.88 bits per heavy atom. The first kappa shape index (κ1) is 16.1. The lowest BCUT2D eigenvalue weighted by atomic mass is 9.85. The van der Waals surface area contributed by atoms with Crippen LogP contribution in [0.2, 0.25) is 0 Å². The Kier molecular flexibility index (Phi) is 4.44. The van der Waals surface area contributed by atoms with Crippen molar-refractivity contribution in [1.82, 2.24) is 20.8 Å². The first-order valence-corrected chi connectivity index (χ1v) is 9.11. The first-order valence-electron chi connectivity index (χ1n) is 9.11. The van der Waals surface area contributed by atoms with Crippen LogP contribution in [-0.2, 0) is 0 Å². The Labute approximate surface area is 147 Å². The zero-order valence-electron chi connectivity index (χ0n) is 14.2. The van der Waals surface area contributed by atoms with Crippen LogP contribution in [0.15, 0.2) is 30.3 Å². The summed E-state index contributed by atoms with van der Waals surface area (Å²) in [5.74, 6) is 0.0119. The molecular weight excluding hydrogens is 316 g/mol. The monoisotopic (exact) mass is 340 g/mol. The Morgan fingerprint density at radius 1 is 1.12 bits per heavy atom. The van der Waals surface area contributed by atoms with Crippen molar-refractivity contribution < 1.29 is 9.90 Å². The third kappa shape index (κ3) is 3.39. The molecule has 6 nitrogen and oxygen atoms in total. The molecule has 132 valence electrons. The van der Waals surface area contributed by atoms with Crippen molar-refractivity contribution in [1.29, 1.82) is 0 Å². The van der Waals surface area contributed by atoms with Gasteiger partial charge in [0.2, 0.25) is 0 Å². The lowest BCUT2D eigenvalue weighted by molar-refractivity contribution is 0.0884. The van der Waals surface area contributed by atoms with E-state index in [1.807, 2.05) is 6.07 Å². The Morgan fingerprint density at radius 3 is 2.60 bits per heavy atom. The SMILES string of the molecule is O=C(NC1CCC1NC1CCCC1)c1cc(-c2ccccc2O)n[nH]1. The maximum atomic E-state index is 12.5. The van der Waals surface area contributed by atoms with Crippen molar-refractivity contribution >= 4 is 5.91 Å². The number of amides is 1. The number of phenolic OH excluding ortho intramolecular Hbond substituents is 1. The molecule has 2 saturated carbocycles. The van der Waals surface area contributed by atoms with E-state index in [-0.39, 0.29) is 17.7 Å². The summed E-state index contributed by atoms with van der Waals surface area (Å²) in [5.41, 5.74) is 1.60. The third-order valence-corrected chi connectivity index (χ3v) is 5.40. The van der Waals surface area contributed by atoms with Crippen LogP contribution >= 0.6 is 0 Å². The summed E-state index contributed by atoms with van der Waals surface area (Å²) in [6.07, 6.45) is 7.25. The highest BCUT2D eigenvalue weighted by atomic mass is 16.3. The van der Waals surface area contributed by atoms with Crippen molar-refractivity contribution in [2.45, 2.75) is 56.7 Å². The predicted molar refractivity (Wildman–Crippen MR) is 95.4 cm³/mol.